The Balaban J connectivity index is 1.75. The van der Waals surface area contributed by atoms with Crippen LogP contribution in [0.3, 0.4) is 0 Å². The molecule has 4 rings (SSSR count). The molecular formula is C15H14F2N4OS. The van der Waals surface area contributed by atoms with E-state index in [1.165, 1.54) is 6.07 Å². The molecule has 0 bridgehead atoms. The van der Waals surface area contributed by atoms with E-state index in [4.69, 9.17) is 17.0 Å². The van der Waals surface area contributed by atoms with Crippen molar-refractivity contribution >= 4 is 18.2 Å². The first-order valence-electron chi connectivity index (χ1n) is 7.36. The molecule has 2 N–H and O–H groups in total. The van der Waals surface area contributed by atoms with E-state index in [0.717, 1.165) is 32.2 Å². The SMILES string of the molecule is Fc1cc(F)c2c(c1)Cc1c([nH]c(N3CCNCC3)nc1=S)O2. The van der Waals surface area contributed by atoms with Crippen molar-refractivity contribution < 1.29 is 13.5 Å². The molecule has 2 aliphatic heterocycles. The van der Waals surface area contributed by atoms with Crippen molar-refractivity contribution in [3.05, 3.63) is 39.5 Å². The second-order valence-electron chi connectivity index (χ2n) is 5.56. The van der Waals surface area contributed by atoms with Crippen LogP contribution in [0.15, 0.2) is 12.1 Å². The van der Waals surface area contributed by atoms with Crippen LogP contribution in [-0.4, -0.2) is 36.1 Å². The molecule has 0 unspecified atom stereocenters. The third-order valence-corrected chi connectivity index (χ3v) is 4.38. The van der Waals surface area contributed by atoms with E-state index in [2.05, 4.69) is 20.2 Å². The molecule has 1 aromatic heterocycles. The number of ether oxygens (including phenoxy) is 1. The van der Waals surface area contributed by atoms with Crippen LogP contribution in [0.25, 0.3) is 0 Å². The Hall–Kier alpha value is -2.06. The molecule has 0 spiro atoms. The van der Waals surface area contributed by atoms with Crippen LogP contribution in [0.5, 0.6) is 11.6 Å². The zero-order valence-electron chi connectivity index (χ0n) is 12.2. The second-order valence-corrected chi connectivity index (χ2v) is 5.95. The predicted molar refractivity (Wildman–Crippen MR) is 83.7 cm³/mol. The number of hydrogen-bond donors (Lipinski definition) is 2. The van der Waals surface area contributed by atoms with E-state index >= 15 is 0 Å². The summed E-state index contributed by atoms with van der Waals surface area (Å²) in [5, 5.41) is 3.26. The lowest BCUT2D eigenvalue weighted by molar-refractivity contribution is 0.402. The number of anilines is 1. The zero-order valence-corrected chi connectivity index (χ0v) is 13.0. The number of nitrogens with one attached hydrogen (secondary N) is 2. The average Bonchev–Trinajstić information content (AvgIpc) is 2.54. The Morgan fingerprint density at radius 1 is 1.22 bits per heavy atom. The Morgan fingerprint density at radius 3 is 2.78 bits per heavy atom. The van der Waals surface area contributed by atoms with E-state index in [1.54, 1.807) is 0 Å². The van der Waals surface area contributed by atoms with Gasteiger partial charge in [0, 0.05) is 44.2 Å². The molecule has 8 heteroatoms. The predicted octanol–water partition coefficient (Wildman–Crippen LogP) is 2.52. The summed E-state index contributed by atoms with van der Waals surface area (Å²) in [6.07, 6.45) is 0.295. The standard InChI is InChI=1S/C15H14F2N4OS/c16-9-5-8-6-10-13(22-12(8)11(17)7-9)19-15(20-14(10)23)21-3-1-18-2-4-21/h5,7,18H,1-4,6H2,(H,19,20,23). The minimum atomic E-state index is -0.717. The molecule has 0 saturated carbocycles. The number of rotatable bonds is 1. The zero-order chi connectivity index (χ0) is 16.0. The molecule has 120 valence electrons. The lowest BCUT2D eigenvalue weighted by Gasteiger charge is -2.29. The van der Waals surface area contributed by atoms with Crippen LogP contribution >= 0.6 is 12.2 Å². The van der Waals surface area contributed by atoms with Gasteiger partial charge < -0.3 is 15.0 Å². The van der Waals surface area contributed by atoms with E-state index < -0.39 is 11.6 Å². The molecule has 0 atom stereocenters. The van der Waals surface area contributed by atoms with Gasteiger partial charge in [0.2, 0.25) is 11.8 Å². The molecule has 0 radical (unpaired) electrons. The van der Waals surface area contributed by atoms with E-state index in [-0.39, 0.29) is 5.75 Å². The van der Waals surface area contributed by atoms with Crippen molar-refractivity contribution in [3.63, 3.8) is 0 Å². The van der Waals surface area contributed by atoms with Gasteiger partial charge in [-0.2, -0.15) is 0 Å². The first-order chi connectivity index (χ1) is 11.1. The maximum atomic E-state index is 13.9. The Kier molecular flexibility index (Phi) is 3.50. The quantitative estimate of drug-likeness (QED) is 0.669. The molecule has 2 aliphatic rings. The minimum Gasteiger partial charge on any atom is -0.437 e. The van der Waals surface area contributed by atoms with E-state index in [0.29, 0.717) is 34.0 Å². The highest BCUT2D eigenvalue weighted by Crippen LogP contribution is 2.38. The molecular weight excluding hydrogens is 322 g/mol. The topological polar surface area (TPSA) is 53.2 Å². The molecule has 3 heterocycles. The summed E-state index contributed by atoms with van der Waals surface area (Å²) in [6, 6.07) is 2.08. The van der Waals surface area contributed by atoms with Crippen molar-refractivity contribution in [1.82, 2.24) is 15.3 Å². The third kappa shape index (κ3) is 2.57. The smallest absolute Gasteiger partial charge is 0.207 e. The summed E-state index contributed by atoms with van der Waals surface area (Å²) in [5.41, 5.74) is 1.09. The Morgan fingerprint density at radius 2 is 2.00 bits per heavy atom. The number of nitrogens with zero attached hydrogens (tertiary/aromatic N) is 2. The highest BCUT2D eigenvalue weighted by Gasteiger charge is 2.25. The highest BCUT2D eigenvalue weighted by atomic mass is 32.1. The summed E-state index contributed by atoms with van der Waals surface area (Å²) >= 11 is 5.35. The van der Waals surface area contributed by atoms with Crippen LogP contribution in [0, 0.1) is 16.3 Å². The van der Waals surface area contributed by atoms with Crippen molar-refractivity contribution in [1.29, 1.82) is 0 Å². The minimum absolute atomic E-state index is 0.0435. The fourth-order valence-corrected chi connectivity index (χ4v) is 3.14. The number of piperazine rings is 1. The van der Waals surface area contributed by atoms with Gasteiger partial charge in [-0.15, -0.1) is 0 Å². The van der Waals surface area contributed by atoms with Crippen molar-refractivity contribution in [2.45, 2.75) is 6.42 Å². The number of halogens is 2. The molecule has 1 fully saturated rings. The lowest BCUT2D eigenvalue weighted by atomic mass is 10.0. The number of aromatic amines is 1. The fourth-order valence-electron chi connectivity index (χ4n) is 2.89. The van der Waals surface area contributed by atoms with Crippen LogP contribution in [0.2, 0.25) is 0 Å². The van der Waals surface area contributed by atoms with Gasteiger partial charge in [-0.25, -0.2) is 13.8 Å². The van der Waals surface area contributed by atoms with Crippen LogP contribution < -0.4 is 15.0 Å². The summed E-state index contributed by atoms with van der Waals surface area (Å²) in [5.74, 6) is -0.307. The van der Waals surface area contributed by atoms with Gasteiger partial charge in [-0.1, -0.05) is 12.2 Å². The molecule has 0 aliphatic carbocycles. The van der Waals surface area contributed by atoms with Gasteiger partial charge in [0.25, 0.3) is 0 Å². The Labute approximate surface area is 136 Å². The van der Waals surface area contributed by atoms with Gasteiger partial charge in [0.1, 0.15) is 10.5 Å². The molecule has 5 nitrogen and oxygen atoms in total. The summed E-state index contributed by atoms with van der Waals surface area (Å²) < 4.78 is 33.3. The van der Waals surface area contributed by atoms with E-state index in [9.17, 15) is 8.78 Å². The van der Waals surface area contributed by atoms with Crippen molar-refractivity contribution in [2.24, 2.45) is 0 Å². The number of hydrogen-bond acceptors (Lipinski definition) is 5. The van der Waals surface area contributed by atoms with Gasteiger partial charge in [0.05, 0.1) is 5.56 Å². The van der Waals surface area contributed by atoms with Crippen LogP contribution in [0.4, 0.5) is 14.7 Å². The maximum absolute atomic E-state index is 13.9. The van der Waals surface area contributed by atoms with Crippen LogP contribution in [0.1, 0.15) is 11.1 Å². The van der Waals surface area contributed by atoms with Crippen molar-refractivity contribution in [2.75, 3.05) is 31.1 Å². The average molecular weight is 336 g/mol. The Bertz CT molecular complexity index is 833. The largest absolute Gasteiger partial charge is 0.437 e. The number of benzene rings is 1. The molecule has 1 aromatic carbocycles. The second kappa shape index (κ2) is 5.54. The summed E-state index contributed by atoms with van der Waals surface area (Å²) in [6.45, 7) is 3.31. The number of aromatic nitrogens is 2. The molecule has 23 heavy (non-hydrogen) atoms. The van der Waals surface area contributed by atoms with Crippen molar-refractivity contribution in [3.8, 4) is 11.6 Å². The van der Waals surface area contributed by atoms with Gasteiger partial charge in [0.15, 0.2) is 11.6 Å². The summed E-state index contributed by atoms with van der Waals surface area (Å²) in [4.78, 5) is 9.58. The van der Waals surface area contributed by atoms with Crippen LogP contribution in [-0.2, 0) is 6.42 Å². The monoisotopic (exact) mass is 336 g/mol. The van der Waals surface area contributed by atoms with Gasteiger partial charge in [-0.3, -0.25) is 4.98 Å². The summed E-state index contributed by atoms with van der Waals surface area (Å²) in [7, 11) is 0. The third-order valence-electron chi connectivity index (χ3n) is 4.04. The molecule has 1 saturated heterocycles. The lowest BCUT2D eigenvalue weighted by Crippen LogP contribution is -2.44. The molecule has 0 amide bonds. The number of H-pyrrole nitrogens is 1. The highest BCUT2D eigenvalue weighted by molar-refractivity contribution is 7.71. The fraction of sp³-hybridized carbons (Fsp3) is 0.333. The first kappa shape index (κ1) is 14.5. The van der Waals surface area contributed by atoms with E-state index in [1.807, 2.05) is 0 Å². The number of fused-ring (bicyclic) bond motifs is 2. The van der Waals surface area contributed by atoms with Gasteiger partial charge in [-0.05, 0) is 6.07 Å². The molecule has 2 aromatic rings. The van der Waals surface area contributed by atoms with Gasteiger partial charge >= 0.3 is 0 Å². The first-order valence-corrected chi connectivity index (χ1v) is 7.77. The maximum Gasteiger partial charge on any atom is 0.207 e. The normalized spacial score (nSPS) is 16.5.